The molecule has 146 valence electrons. The summed E-state index contributed by atoms with van der Waals surface area (Å²) >= 11 is 0. The molecule has 1 aliphatic heterocycles. The summed E-state index contributed by atoms with van der Waals surface area (Å²) in [5.41, 5.74) is 2.41. The van der Waals surface area contributed by atoms with Gasteiger partial charge in [0.2, 0.25) is 0 Å². The Morgan fingerprint density at radius 2 is 2.07 bits per heavy atom. The Morgan fingerprint density at radius 1 is 1.33 bits per heavy atom. The third kappa shape index (κ3) is 5.37. The highest BCUT2D eigenvalue weighted by Gasteiger charge is 2.23. The molecule has 0 bridgehead atoms. The Morgan fingerprint density at radius 3 is 2.81 bits per heavy atom. The van der Waals surface area contributed by atoms with Gasteiger partial charge in [-0.15, -0.1) is 5.10 Å². The lowest BCUT2D eigenvalue weighted by atomic mass is 10.1. The molecule has 2 aromatic rings. The fraction of sp³-hybridized carbons (Fsp3) is 0.550. The molecule has 1 fully saturated rings. The van der Waals surface area contributed by atoms with E-state index in [9.17, 15) is 4.79 Å². The Labute approximate surface area is 160 Å². The highest BCUT2D eigenvalue weighted by atomic mass is 16.5. The minimum absolute atomic E-state index is 0.164. The van der Waals surface area contributed by atoms with Crippen LogP contribution in [0.15, 0.2) is 30.3 Å². The van der Waals surface area contributed by atoms with E-state index in [4.69, 9.17) is 4.74 Å². The number of ether oxygens (including phenoxy) is 1. The van der Waals surface area contributed by atoms with E-state index in [-0.39, 0.29) is 11.8 Å². The molecule has 0 aliphatic carbocycles. The minimum atomic E-state index is -0.164. The normalized spacial score (nSPS) is 16.2. The first-order valence-corrected chi connectivity index (χ1v) is 9.67. The summed E-state index contributed by atoms with van der Waals surface area (Å²) in [5, 5.41) is 14.6. The number of piperidine rings is 1. The molecule has 1 aromatic heterocycles. The summed E-state index contributed by atoms with van der Waals surface area (Å²) < 4.78 is 7.64. The SMILES string of the molecule is Cc1c(C(=O)NCC(C)COCc2ccccc2)nnn1C1CCNCC1. The molecule has 1 atom stereocenters. The van der Waals surface area contributed by atoms with Crippen LogP contribution in [0, 0.1) is 12.8 Å². The zero-order valence-electron chi connectivity index (χ0n) is 16.1. The highest BCUT2D eigenvalue weighted by Crippen LogP contribution is 2.20. The first-order chi connectivity index (χ1) is 13.1. The summed E-state index contributed by atoms with van der Waals surface area (Å²) in [4.78, 5) is 12.5. The Balaban J connectivity index is 1.44. The van der Waals surface area contributed by atoms with Crippen molar-refractivity contribution in [1.29, 1.82) is 0 Å². The number of hydrogen-bond acceptors (Lipinski definition) is 5. The summed E-state index contributed by atoms with van der Waals surface area (Å²) in [6, 6.07) is 10.4. The van der Waals surface area contributed by atoms with Crippen LogP contribution in [0.1, 0.15) is 47.6 Å². The fourth-order valence-corrected chi connectivity index (χ4v) is 3.31. The van der Waals surface area contributed by atoms with E-state index >= 15 is 0 Å². The Kier molecular flexibility index (Phi) is 6.95. The smallest absolute Gasteiger partial charge is 0.273 e. The second-order valence-electron chi connectivity index (χ2n) is 7.27. The molecule has 0 radical (unpaired) electrons. The molecule has 0 saturated carbocycles. The van der Waals surface area contributed by atoms with Crippen molar-refractivity contribution in [2.24, 2.45) is 5.92 Å². The van der Waals surface area contributed by atoms with E-state index in [1.54, 1.807) is 0 Å². The van der Waals surface area contributed by atoms with Crippen LogP contribution >= 0.6 is 0 Å². The Hall–Kier alpha value is -2.25. The zero-order chi connectivity index (χ0) is 19.1. The minimum Gasteiger partial charge on any atom is -0.376 e. The van der Waals surface area contributed by atoms with Gasteiger partial charge in [-0.25, -0.2) is 4.68 Å². The average molecular weight is 371 g/mol. The van der Waals surface area contributed by atoms with Crippen LogP contribution in [0.5, 0.6) is 0 Å². The van der Waals surface area contributed by atoms with Gasteiger partial charge >= 0.3 is 0 Å². The second kappa shape index (κ2) is 9.62. The molecule has 7 nitrogen and oxygen atoms in total. The molecule has 1 amide bonds. The van der Waals surface area contributed by atoms with Crippen molar-refractivity contribution in [1.82, 2.24) is 25.6 Å². The van der Waals surface area contributed by atoms with Gasteiger partial charge in [0.25, 0.3) is 5.91 Å². The number of benzene rings is 1. The van der Waals surface area contributed by atoms with E-state index in [2.05, 4.69) is 27.9 Å². The van der Waals surface area contributed by atoms with Crippen molar-refractivity contribution in [2.45, 2.75) is 39.3 Å². The fourth-order valence-electron chi connectivity index (χ4n) is 3.31. The maximum Gasteiger partial charge on any atom is 0.273 e. The number of hydrogen-bond donors (Lipinski definition) is 2. The molecular weight excluding hydrogens is 342 g/mol. The molecule has 2 N–H and O–H groups in total. The number of nitrogens with one attached hydrogen (secondary N) is 2. The molecule has 1 aliphatic rings. The predicted molar refractivity (Wildman–Crippen MR) is 103 cm³/mol. The topological polar surface area (TPSA) is 81.1 Å². The van der Waals surface area contributed by atoms with Gasteiger partial charge in [-0.2, -0.15) is 0 Å². The number of aromatic nitrogens is 3. The van der Waals surface area contributed by atoms with Gasteiger partial charge in [0.05, 0.1) is 24.9 Å². The average Bonchev–Trinajstić information content (AvgIpc) is 3.09. The van der Waals surface area contributed by atoms with Crippen molar-refractivity contribution in [3.05, 3.63) is 47.3 Å². The monoisotopic (exact) mass is 371 g/mol. The van der Waals surface area contributed by atoms with E-state index in [0.29, 0.717) is 31.5 Å². The summed E-state index contributed by atoms with van der Waals surface area (Å²) in [6.07, 6.45) is 2.03. The molecule has 0 spiro atoms. The van der Waals surface area contributed by atoms with E-state index in [1.807, 2.05) is 41.9 Å². The summed E-state index contributed by atoms with van der Waals surface area (Å²) in [5.74, 6) is 0.0556. The number of rotatable bonds is 8. The Bertz CT molecular complexity index is 725. The quantitative estimate of drug-likeness (QED) is 0.743. The standard InChI is InChI=1S/C20H29N5O2/c1-15(13-27-14-17-6-4-3-5-7-17)12-22-20(26)19-16(2)25(24-23-19)18-8-10-21-11-9-18/h3-7,15,18,21H,8-14H2,1-2H3,(H,22,26). The first-order valence-electron chi connectivity index (χ1n) is 9.67. The largest absolute Gasteiger partial charge is 0.376 e. The van der Waals surface area contributed by atoms with Gasteiger partial charge in [0.15, 0.2) is 5.69 Å². The molecule has 27 heavy (non-hydrogen) atoms. The van der Waals surface area contributed by atoms with Crippen molar-refractivity contribution in [3.63, 3.8) is 0 Å². The highest BCUT2D eigenvalue weighted by molar-refractivity contribution is 5.93. The lowest BCUT2D eigenvalue weighted by Crippen LogP contribution is -2.31. The first kappa shape index (κ1) is 19.5. The molecule has 2 heterocycles. The van der Waals surface area contributed by atoms with Gasteiger partial charge in [-0.3, -0.25) is 4.79 Å². The van der Waals surface area contributed by atoms with Crippen LogP contribution in [-0.4, -0.2) is 47.1 Å². The van der Waals surface area contributed by atoms with Crippen molar-refractivity contribution >= 4 is 5.91 Å². The van der Waals surface area contributed by atoms with Gasteiger partial charge in [0, 0.05) is 6.54 Å². The number of carbonyl (C=O) groups excluding carboxylic acids is 1. The van der Waals surface area contributed by atoms with Crippen LogP contribution < -0.4 is 10.6 Å². The van der Waals surface area contributed by atoms with E-state index in [1.165, 1.54) is 0 Å². The zero-order valence-corrected chi connectivity index (χ0v) is 16.1. The van der Waals surface area contributed by atoms with Crippen molar-refractivity contribution in [2.75, 3.05) is 26.2 Å². The van der Waals surface area contributed by atoms with E-state index < -0.39 is 0 Å². The van der Waals surface area contributed by atoms with Crippen LogP contribution in [0.4, 0.5) is 0 Å². The molecule has 7 heteroatoms. The van der Waals surface area contributed by atoms with Gasteiger partial charge in [-0.1, -0.05) is 42.5 Å². The maximum atomic E-state index is 12.5. The number of amides is 1. The summed E-state index contributed by atoms with van der Waals surface area (Å²) in [6.45, 7) is 7.66. The number of nitrogens with zero attached hydrogens (tertiary/aromatic N) is 3. The van der Waals surface area contributed by atoms with Crippen molar-refractivity contribution < 1.29 is 9.53 Å². The third-order valence-electron chi connectivity index (χ3n) is 4.92. The van der Waals surface area contributed by atoms with Gasteiger partial charge in [0.1, 0.15) is 0 Å². The van der Waals surface area contributed by atoms with Crippen LogP contribution in [0.2, 0.25) is 0 Å². The maximum absolute atomic E-state index is 12.5. The van der Waals surface area contributed by atoms with Crippen LogP contribution in [0.25, 0.3) is 0 Å². The molecule has 1 unspecified atom stereocenters. The lowest BCUT2D eigenvalue weighted by molar-refractivity contribution is 0.0840. The second-order valence-corrected chi connectivity index (χ2v) is 7.27. The van der Waals surface area contributed by atoms with Crippen molar-refractivity contribution in [3.8, 4) is 0 Å². The molecule has 3 rings (SSSR count). The lowest BCUT2D eigenvalue weighted by Gasteiger charge is -2.23. The number of carbonyl (C=O) groups is 1. The van der Waals surface area contributed by atoms with Crippen LogP contribution in [0.3, 0.4) is 0 Å². The predicted octanol–water partition coefficient (Wildman–Crippen LogP) is 2.09. The summed E-state index contributed by atoms with van der Waals surface area (Å²) in [7, 11) is 0. The van der Waals surface area contributed by atoms with Gasteiger partial charge in [-0.05, 0) is 44.3 Å². The molecule has 1 saturated heterocycles. The molecular formula is C20H29N5O2. The van der Waals surface area contributed by atoms with E-state index in [0.717, 1.165) is 37.2 Å². The van der Waals surface area contributed by atoms with Crippen LogP contribution in [-0.2, 0) is 11.3 Å². The third-order valence-corrected chi connectivity index (χ3v) is 4.92. The van der Waals surface area contributed by atoms with Gasteiger partial charge < -0.3 is 15.4 Å². The molecule has 1 aromatic carbocycles.